The van der Waals surface area contributed by atoms with E-state index in [1.807, 2.05) is 30.3 Å². The zero-order valence-corrected chi connectivity index (χ0v) is 20.6. The molecule has 0 radical (unpaired) electrons. The molecule has 3 aromatic rings. The van der Waals surface area contributed by atoms with E-state index in [1.54, 1.807) is 48.8 Å². The van der Waals surface area contributed by atoms with Gasteiger partial charge in [0.25, 0.3) is 5.91 Å². The molecule has 0 saturated carbocycles. The molecule has 0 aliphatic heterocycles. The number of hydrogen-bond donors (Lipinski definition) is 1. The van der Waals surface area contributed by atoms with Gasteiger partial charge in [0.05, 0.1) is 39.6 Å². The number of hydrogen-bond acceptors (Lipinski definition) is 7. The van der Waals surface area contributed by atoms with Gasteiger partial charge in [0.15, 0.2) is 11.5 Å². The topological polar surface area (TPSA) is 96.0 Å². The number of methoxy groups -OCH3 is 4. The van der Waals surface area contributed by atoms with E-state index in [1.165, 1.54) is 28.4 Å². The highest BCUT2D eigenvalue weighted by molar-refractivity contribution is 6.14. The second-order valence-corrected chi connectivity index (χ2v) is 7.52. The maximum Gasteiger partial charge on any atom is 0.338 e. The Kier molecular flexibility index (Phi) is 9.22. The molecule has 0 aliphatic rings. The Morgan fingerprint density at radius 3 is 1.97 bits per heavy atom. The lowest BCUT2D eigenvalue weighted by Crippen LogP contribution is -2.27. The number of nitrogens with zero attached hydrogens (tertiary/aromatic N) is 1. The molecule has 1 amide bonds. The van der Waals surface area contributed by atoms with Gasteiger partial charge in [-0.25, -0.2) is 4.79 Å². The summed E-state index contributed by atoms with van der Waals surface area (Å²) in [7, 11) is 5.77. The van der Waals surface area contributed by atoms with Crippen LogP contribution >= 0.6 is 0 Å². The molecule has 2 aromatic carbocycles. The fraction of sp³-hybridized carbons (Fsp3) is 0.179. The fourth-order valence-electron chi connectivity index (χ4n) is 3.47. The first kappa shape index (κ1) is 26.0. The van der Waals surface area contributed by atoms with Crippen molar-refractivity contribution in [1.82, 2.24) is 10.3 Å². The molecule has 0 bridgehead atoms. The van der Waals surface area contributed by atoms with E-state index < -0.39 is 11.9 Å². The van der Waals surface area contributed by atoms with Crippen LogP contribution in [0.25, 0.3) is 12.2 Å². The van der Waals surface area contributed by atoms with Gasteiger partial charge in [-0.15, -0.1) is 0 Å². The number of pyridine rings is 1. The fourth-order valence-corrected chi connectivity index (χ4v) is 3.47. The van der Waals surface area contributed by atoms with Crippen LogP contribution in [0.15, 0.2) is 78.1 Å². The van der Waals surface area contributed by atoms with E-state index in [9.17, 15) is 9.59 Å². The summed E-state index contributed by atoms with van der Waals surface area (Å²) in [5, 5.41) is 2.87. The van der Waals surface area contributed by atoms with Crippen molar-refractivity contribution in [2.24, 2.45) is 0 Å². The number of nitrogens with one attached hydrogen (secondary N) is 1. The number of amides is 1. The lowest BCUT2D eigenvalue weighted by molar-refractivity contribution is -0.136. The van der Waals surface area contributed by atoms with Crippen LogP contribution in [-0.4, -0.2) is 45.3 Å². The molecule has 0 unspecified atom stereocenters. The Hall–Kier alpha value is -4.59. The van der Waals surface area contributed by atoms with E-state index in [-0.39, 0.29) is 17.7 Å². The average molecular weight is 489 g/mol. The van der Waals surface area contributed by atoms with Gasteiger partial charge in [0.2, 0.25) is 5.75 Å². The average Bonchev–Trinajstić information content (AvgIpc) is 2.93. The quantitative estimate of drug-likeness (QED) is 0.261. The van der Waals surface area contributed by atoms with Crippen molar-refractivity contribution in [3.05, 3.63) is 94.8 Å². The first-order valence-electron chi connectivity index (χ1n) is 11.0. The van der Waals surface area contributed by atoms with Gasteiger partial charge in [0, 0.05) is 18.9 Å². The number of benzene rings is 2. The van der Waals surface area contributed by atoms with Crippen LogP contribution in [0, 0.1) is 0 Å². The number of esters is 1. The third kappa shape index (κ3) is 6.50. The van der Waals surface area contributed by atoms with E-state index in [0.717, 1.165) is 11.1 Å². The third-order valence-electron chi connectivity index (χ3n) is 5.25. The largest absolute Gasteiger partial charge is 0.493 e. The molecule has 8 nitrogen and oxygen atoms in total. The third-order valence-corrected chi connectivity index (χ3v) is 5.25. The monoisotopic (exact) mass is 488 g/mol. The summed E-state index contributed by atoms with van der Waals surface area (Å²) < 4.78 is 21.3. The summed E-state index contributed by atoms with van der Waals surface area (Å²) in [4.78, 5) is 30.3. The van der Waals surface area contributed by atoms with Gasteiger partial charge in [-0.05, 0) is 53.1 Å². The summed E-state index contributed by atoms with van der Waals surface area (Å²) in [5.74, 6) is 0.0998. The predicted octanol–water partition coefficient (Wildman–Crippen LogP) is 4.06. The molecule has 1 aromatic heterocycles. The Morgan fingerprint density at radius 1 is 0.806 bits per heavy atom. The summed E-state index contributed by atoms with van der Waals surface area (Å²) in [5.41, 5.74) is 2.35. The second-order valence-electron chi connectivity index (χ2n) is 7.52. The lowest BCUT2D eigenvalue weighted by Gasteiger charge is -2.15. The van der Waals surface area contributed by atoms with Gasteiger partial charge in [0.1, 0.15) is 0 Å². The molecule has 0 saturated heterocycles. The Morgan fingerprint density at radius 2 is 1.42 bits per heavy atom. The molecular weight excluding hydrogens is 460 g/mol. The van der Waals surface area contributed by atoms with Gasteiger partial charge in [-0.3, -0.25) is 9.78 Å². The highest BCUT2D eigenvalue weighted by Gasteiger charge is 2.23. The van der Waals surface area contributed by atoms with Crippen molar-refractivity contribution in [3.8, 4) is 17.2 Å². The maximum atomic E-state index is 13.4. The summed E-state index contributed by atoms with van der Waals surface area (Å²) in [6.45, 7) is 0.256. The first-order chi connectivity index (χ1) is 17.5. The predicted molar refractivity (Wildman–Crippen MR) is 137 cm³/mol. The van der Waals surface area contributed by atoms with Crippen LogP contribution in [0.1, 0.15) is 16.7 Å². The minimum Gasteiger partial charge on any atom is -0.493 e. The van der Waals surface area contributed by atoms with Crippen LogP contribution in [0.2, 0.25) is 0 Å². The second kappa shape index (κ2) is 12.8. The van der Waals surface area contributed by atoms with E-state index in [2.05, 4.69) is 10.3 Å². The molecular formula is C28H28N2O6. The minimum atomic E-state index is -0.676. The Balaban J connectivity index is 2.11. The number of carbonyl (C=O) groups excluding carboxylic acids is 2. The smallest absolute Gasteiger partial charge is 0.338 e. The van der Waals surface area contributed by atoms with Crippen molar-refractivity contribution in [3.63, 3.8) is 0 Å². The molecule has 0 fully saturated rings. The van der Waals surface area contributed by atoms with Crippen LogP contribution < -0.4 is 19.5 Å². The molecule has 1 heterocycles. The van der Waals surface area contributed by atoms with Crippen LogP contribution in [-0.2, 0) is 20.9 Å². The first-order valence-corrected chi connectivity index (χ1v) is 11.0. The number of ether oxygens (including phenoxy) is 4. The molecule has 186 valence electrons. The lowest BCUT2D eigenvalue weighted by atomic mass is 9.98. The molecule has 0 aliphatic carbocycles. The van der Waals surface area contributed by atoms with Gasteiger partial charge < -0.3 is 24.3 Å². The Bertz CT molecular complexity index is 1230. The van der Waals surface area contributed by atoms with Gasteiger partial charge >= 0.3 is 5.97 Å². The normalized spacial score (nSPS) is 11.4. The highest BCUT2D eigenvalue weighted by atomic mass is 16.5. The summed E-state index contributed by atoms with van der Waals surface area (Å²) in [6.07, 6.45) is 6.48. The van der Waals surface area contributed by atoms with E-state index in [4.69, 9.17) is 18.9 Å². The van der Waals surface area contributed by atoms with Crippen LogP contribution in [0.4, 0.5) is 0 Å². The maximum absolute atomic E-state index is 13.4. The van der Waals surface area contributed by atoms with Crippen LogP contribution in [0.5, 0.6) is 17.2 Å². The van der Waals surface area contributed by atoms with Crippen molar-refractivity contribution < 1.29 is 28.5 Å². The van der Waals surface area contributed by atoms with E-state index in [0.29, 0.717) is 22.8 Å². The minimum absolute atomic E-state index is 0.0582. The summed E-state index contributed by atoms with van der Waals surface area (Å²) >= 11 is 0. The Labute approximate surface area is 210 Å². The molecule has 36 heavy (non-hydrogen) atoms. The number of carbonyl (C=O) groups is 2. The SMILES string of the molecule is COC(=O)C(=Cc1cc(OC)c(OC)c(OC)c1)C(=Cc1ccccc1)C(=O)NCc1ccncc1. The number of rotatable bonds is 10. The molecule has 8 heteroatoms. The van der Waals surface area contributed by atoms with Gasteiger partial charge in [-0.1, -0.05) is 30.3 Å². The van der Waals surface area contributed by atoms with Crippen molar-refractivity contribution in [2.45, 2.75) is 6.54 Å². The van der Waals surface area contributed by atoms with Gasteiger partial charge in [-0.2, -0.15) is 0 Å². The van der Waals surface area contributed by atoms with Crippen molar-refractivity contribution in [2.75, 3.05) is 28.4 Å². The number of aromatic nitrogens is 1. The molecule has 0 atom stereocenters. The summed E-state index contributed by atoms with van der Waals surface area (Å²) in [6, 6.07) is 16.2. The van der Waals surface area contributed by atoms with Crippen molar-refractivity contribution >= 4 is 24.0 Å². The van der Waals surface area contributed by atoms with Crippen LogP contribution in [0.3, 0.4) is 0 Å². The molecule has 0 spiro atoms. The zero-order valence-electron chi connectivity index (χ0n) is 20.6. The zero-order chi connectivity index (χ0) is 25.9. The standard InChI is InChI=1S/C28H28N2O6/c1-33-24-16-21(17-25(34-2)26(24)35-3)15-23(28(32)36-4)22(14-19-8-6-5-7-9-19)27(31)30-18-20-10-12-29-13-11-20/h5-17H,18H2,1-4H3,(H,30,31). The molecule has 3 rings (SSSR count). The van der Waals surface area contributed by atoms with Crippen molar-refractivity contribution in [1.29, 1.82) is 0 Å². The molecule has 1 N–H and O–H groups in total. The van der Waals surface area contributed by atoms with E-state index >= 15 is 0 Å². The highest BCUT2D eigenvalue weighted by Crippen LogP contribution is 2.39.